The molecule has 0 spiro atoms. The van der Waals surface area contributed by atoms with Crippen molar-refractivity contribution in [2.75, 3.05) is 31.6 Å². The molecule has 2 aliphatic heterocycles. The van der Waals surface area contributed by atoms with Crippen LogP contribution >= 0.6 is 11.8 Å². The van der Waals surface area contributed by atoms with Gasteiger partial charge in [0.25, 0.3) is 5.91 Å². The summed E-state index contributed by atoms with van der Waals surface area (Å²) in [5, 5.41) is 3.21. The Bertz CT molecular complexity index is 663. The van der Waals surface area contributed by atoms with Gasteiger partial charge in [0.1, 0.15) is 5.25 Å². The SMILES string of the molecule is Cc1cccc(C)c1NC(=O)C[C@@H]1SC(N2CCOCC2)=NC1=O. The smallest absolute Gasteiger partial charge is 0.262 e. The Labute approximate surface area is 145 Å². The lowest BCUT2D eigenvalue weighted by Crippen LogP contribution is -2.39. The average molecular weight is 347 g/mol. The summed E-state index contributed by atoms with van der Waals surface area (Å²) in [5.74, 6) is -0.380. The highest BCUT2D eigenvalue weighted by molar-refractivity contribution is 8.15. The number of hydrogen-bond acceptors (Lipinski definition) is 5. The number of aliphatic imine (C=N–C) groups is 1. The van der Waals surface area contributed by atoms with Gasteiger partial charge in [-0.2, -0.15) is 4.99 Å². The standard InChI is InChI=1S/C17H21N3O3S/c1-11-4-3-5-12(2)15(11)18-14(21)10-13-16(22)19-17(24-13)20-6-8-23-9-7-20/h3-5,13H,6-10H2,1-2H3,(H,18,21)/t13-/m0/s1. The molecule has 6 nitrogen and oxygen atoms in total. The first kappa shape index (κ1) is 17.0. The fourth-order valence-corrected chi connectivity index (χ4v) is 3.89. The van der Waals surface area contributed by atoms with Crippen LogP contribution in [0.15, 0.2) is 23.2 Å². The predicted molar refractivity (Wildman–Crippen MR) is 95.4 cm³/mol. The molecule has 7 heteroatoms. The van der Waals surface area contributed by atoms with Gasteiger partial charge in [0.2, 0.25) is 5.91 Å². The summed E-state index contributed by atoms with van der Waals surface area (Å²) in [6.45, 7) is 6.67. The van der Waals surface area contributed by atoms with Gasteiger partial charge in [0, 0.05) is 25.2 Å². The number of morpholine rings is 1. The number of carbonyl (C=O) groups excluding carboxylic acids is 2. The third-order valence-electron chi connectivity index (χ3n) is 4.13. The Kier molecular flexibility index (Phi) is 5.20. The zero-order valence-corrected chi connectivity index (χ0v) is 14.7. The number of nitrogens with one attached hydrogen (secondary N) is 1. The maximum Gasteiger partial charge on any atom is 0.262 e. The minimum atomic E-state index is -0.438. The van der Waals surface area contributed by atoms with E-state index in [2.05, 4.69) is 15.2 Å². The summed E-state index contributed by atoms with van der Waals surface area (Å²) in [6, 6.07) is 5.87. The molecular formula is C17H21N3O3S. The molecule has 3 rings (SSSR count). The highest BCUT2D eigenvalue weighted by Gasteiger charge is 2.33. The number of amides is 2. The number of anilines is 1. The highest BCUT2D eigenvalue weighted by atomic mass is 32.2. The number of ether oxygens (including phenoxy) is 1. The van der Waals surface area contributed by atoms with Gasteiger partial charge < -0.3 is 15.0 Å². The fourth-order valence-electron chi connectivity index (χ4n) is 2.77. The van der Waals surface area contributed by atoms with E-state index in [0.717, 1.165) is 29.9 Å². The van der Waals surface area contributed by atoms with E-state index in [4.69, 9.17) is 4.74 Å². The molecule has 0 aliphatic carbocycles. The van der Waals surface area contributed by atoms with Gasteiger partial charge in [-0.3, -0.25) is 9.59 Å². The fraction of sp³-hybridized carbons (Fsp3) is 0.471. The van der Waals surface area contributed by atoms with Gasteiger partial charge in [-0.1, -0.05) is 30.0 Å². The second kappa shape index (κ2) is 7.36. The summed E-state index contributed by atoms with van der Waals surface area (Å²) >= 11 is 1.38. The highest BCUT2D eigenvalue weighted by Crippen LogP contribution is 2.28. The molecule has 1 N–H and O–H groups in total. The first-order valence-corrected chi connectivity index (χ1v) is 8.90. The van der Waals surface area contributed by atoms with E-state index in [1.165, 1.54) is 11.8 Å². The minimum absolute atomic E-state index is 0.134. The van der Waals surface area contributed by atoms with Crippen molar-refractivity contribution < 1.29 is 14.3 Å². The lowest BCUT2D eigenvalue weighted by Gasteiger charge is -2.27. The van der Waals surface area contributed by atoms with E-state index in [0.29, 0.717) is 18.4 Å². The number of thioether (sulfide) groups is 1. The molecule has 1 fully saturated rings. The Morgan fingerprint density at radius 1 is 1.33 bits per heavy atom. The van der Waals surface area contributed by atoms with Crippen molar-refractivity contribution in [3.8, 4) is 0 Å². The summed E-state index contributed by atoms with van der Waals surface area (Å²) in [6.07, 6.45) is 0.134. The number of carbonyl (C=O) groups is 2. The molecule has 2 amide bonds. The molecule has 1 aromatic carbocycles. The lowest BCUT2D eigenvalue weighted by atomic mass is 10.1. The van der Waals surface area contributed by atoms with Crippen LogP contribution in [0, 0.1) is 13.8 Å². The number of rotatable bonds is 3. The van der Waals surface area contributed by atoms with Gasteiger partial charge in [-0.05, 0) is 25.0 Å². The van der Waals surface area contributed by atoms with Gasteiger partial charge in [-0.15, -0.1) is 0 Å². The van der Waals surface area contributed by atoms with Crippen molar-refractivity contribution in [3.63, 3.8) is 0 Å². The topological polar surface area (TPSA) is 71.0 Å². The maximum absolute atomic E-state index is 12.3. The monoisotopic (exact) mass is 347 g/mol. The molecule has 0 unspecified atom stereocenters. The van der Waals surface area contributed by atoms with Crippen LogP contribution in [0.3, 0.4) is 0 Å². The van der Waals surface area contributed by atoms with E-state index in [1.54, 1.807) is 0 Å². The number of benzene rings is 1. The Morgan fingerprint density at radius 2 is 2.00 bits per heavy atom. The minimum Gasteiger partial charge on any atom is -0.378 e. The van der Waals surface area contributed by atoms with Crippen LogP contribution in [0.2, 0.25) is 0 Å². The van der Waals surface area contributed by atoms with Crippen LogP contribution in [0.4, 0.5) is 5.69 Å². The van der Waals surface area contributed by atoms with Crippen molar-refractivity contribution in [1.82, 2.24) is 4.90 Å². The van der Waals surface area contributed by atoms with Crippen molar-refractivity contribution in [1.29, 1.82) is 0 Å². The Balaban J connectivity index is 1.58. The summed E-state index contributed by atoms with van der Waals surface area (Å²) in [5.41, 5.74) is 2.85. The molecule has 0 aromatic heterocycles. The van der Waals surface area contributed by atoms with E-state index in [-0.39, 0.29) is 18.2 Å². The molecule has 128 valence electrons. The molecule has 1 atom stereocenters. The number of nitrogens with zero attached hydrogens (tertiary/aromatic N) is 2. The maximum atomic E-state index is 12.3. The molecule has 1 aromatic rings. The van der Waals surface area contributed by atoms with Crippen molar-refractivity contribution in [2.45, 2.75) is 25.5 Å². The van der Waals surface area contributed by atoms with Crippen molar-refractivity contribution in [2.24, 2.45) is 4.99 Å². The molecule has 1 saturated heterocycles. The second-order valence-electron chi connectivity index (χ2n) is 5.96. The van der Waals surface area contributed by atoms with E-state index in [9.17, 15) is 9.59 Å². The normalized spacial score (nSPS) is 20.9. The third-order valence-corrected chi connectivity index (χ3v) is 5.34. The van der Waals surface area contributed by atoms with Crippen LogP contribution in [-0.4, -0.2) is 53.4 Å². The molecule has 0 radical (unpaired) electrons. The second-order valence-corrected chi connectivity index (χ2v) is 7.13. The van der Waals surface area contributed by atoms with E-state index < -0.39 is 5.25 Å². The average Bonchev–Trinajstić information content (AvgIpc) is 2.93. The van der Waals surface area contributed by atoms with Crippen LogP contribution in [-0.2, 0) is 14.3 Å². The van der Waals surface area contributed by atoms with E-state index in [1.807, 2.05) is 32.0 Å². The van der Waals surface area contributed by atoms with Crippen LogP contribution in [0.25, 0.3) is 0 Å². The molecular weight excluding hydrogens is 326 g/mol. The third kappa shape index (κ3) is 3.79. The van der Waals surface area contributed by atoms with Gasteiger partial charge in [-0.25, -0.2) is 0 Å². The van der Waals surface area contributed by atoms with Crippen molar-refractivity contribution >= 4 is 34.4 Å². The first-order valence-electron chi connectivity index (χ1n) is 8.02. The number of aryl methyl sites for hydroxylation is 2. The van der Waals surface area contributed by atoms with Gasteiger partial charge in [0.15, 0.2) is 5.17 Å². The quantitative estimate of drug-likeness (QED) is 0.905. The number of para-hydroxylation sites is 1. The molecule has 0 saturated carbocycles. The number of amidine groups is 1. The Hall–Kier alpha value is -1.86. The molecule has 2 heterocycles. The Morgan fingerprint density at radius 3 is 2.67 bits per heavy atom. The van der Waals surface area contributed by atoms with Crippen molar-refractivity contribution in [3.05, 3.63) is 29.3 Å². The van der Waals surface area contributed by atoms with Gasteiger partial charge >= 0.3 is 0 Å². The van der Waals surface area contributed by atoms with E-state index >= 15 is 0 Å². The molecule has 0 bridgehead atoms. The zero-order valence-electron chi connectivity index (χ0n) is 13.9. The summed E-state index contributed by atoms with van der Waals surface area (Å²) in [7, 11) is 0. The van der Waals surface area contributed by atoms with Gasteiger partial charge in [0.05, 0.1) is 13.2 Å². The lowest BCUT2D eigenvalue weighted by molar-refractivity contribution is -0.121. The first-order chi connectivity index (χ1) is 11.5. The van der Waals surface area contributed by atoms with Crippen LogP contribution < -0.4 is 5.32 Å². The predicted octanol–water partition coefficient (Wildman–Crippen LogP) is 1.96. The van der Waals surface area contributed by atoms with Crippen LogP contribution in [0.5, 0.6) is 0 Å². The summed E-state index contributed by atoms with van der Waals surface area (Å²) < 4.78 is 5.31. The number of hydrogen-bond donors (Lipinski definition) is 1. The van der Waals surface area contributed by atoms with Crippen LogP contribution in [0.1, 0.15) is 17.5 Å². The summed E-state index contributed by atoms with van der Waals surface area (Å²) in [4.78, 5) is 30.6. The largest absolute Gasteiger partial charge is 0.378 e. The molecule has 24 heavy (non-hydrogen) atoms. The molecule has 2 aliphatic rings. The zero-order chi connectivity index (χ0) is 17.1.